The van der Waals surface area contributed by atoms with Gasteiger partial charge in [-0.2, -0.15) is 0 Å². The summed E-state index contributed by atoms with van der Waals surface area (Å²) >= 11 is 0. The molecule has 5 heteroatoms. The quantitative estimate of drug-likeness (QED) is 0.873. The van der Waals surface area contributed by atoms with E-state index in [1.54, 1.807) is 25.3 Å². The number of benzene rings is 2. The lowest BCUT2D eigenvalue weighted by Gasteiger charge is -2.38. The van der Waals surface area contributed by atoms with Gasteiger partial charge in [0, 0.05) is 24.5 Å². The Morgan fingerprint density at radius 1 is 1.31 bits per heavy atom. The number of methoxy groups -OCH3 is 1. The topological polar surface area (TPSA) is 47.6 Å². The molecule has 0 aromatic heterocycles. The van der Waals surface area contributed by atoms with E-state index in [9.17, 15) is 9.18 Å². The molecule has 0 bridgehead atoms. The molecule has 1 aliphatic rings. The van der Waals surface area contributed by atoms with Crippen LogP contribution in [0.1, 0.15) is 43.9 Å². The van der Waals surface area contributed by atoms with E-state index in [-0.39, 0.29) is 24.2 Å². The van der Waals surface area contributed by atoms with E-state index in [0.29, 0.717) is 24.2 Å². The molecule has 0 saturated carbocycles. The van der Waals surface area contributed by atoms with E-state index in [1.807, 2.05) is 32.0 Å². The van der Waals surface area contributed by atoms with Crippen molar-refractivity contribution in [1.82, 2.24) is 5.32 Å². The lowest BCUT2D eigenvalue weighted by molar-refractivity contribution is -0.122. The molecular formula is C21H24FNO3. The number of hydrogen-bond donors (Lipinski definition) is 1. The highest BCUT2D eigenvalue weighted by atomic mass is 19.1. The highest BCUT2D eigenvalue weighted by molar-refractivity contribution is 5.77. The van der Waals surface area contributed by atoms with Crippen molar-refractivity contribution in [1.29, 1.82) is 0 Å². The van der Waals surface area contributed by atoms with E-state index < -0.39 is 5.60 Å². The Morgan fingerprint density at radius 2 is 2.08 bits per heavy atom. The molecule has 26 heavy (non-hydrogen) atoms. The minimum Gasteiger partial charge on any atom is -0.497 e. The summed E-state index contributed by atoms with van der Waals surface area (Å²) in [5.41, 5.74) is 1.09. The fourth-order valence-corrected chi connectivity index (χ4v) is 3.30. The number of aryl methyl sites for hydroxylation is 1. The van der Waals surface area contributed by atoms with Gasteiger partial charge in [-0.3, -0.25) is 4.79 Å². The molecule has 0 spiro atoms. The Labute approximate surface area is 153 Å². The Bertz CT molecular complexity index is 804. The summed E-state index contributed by atoms with van der Waals surface area (Å²) in [5, 5.41) is 3.08. The van der Waals surface area contributed by atoms with Crippen molar-refractivity contribution >= 4 is 5.91 Å². The van der Waals surface area contributed by atoms with Crippen molar-refractivity contribution in [3.05, 3.63) is 59.4 Å². The number of carbonyl (C=O) groups excluding carboxylic acids is 1. The number of hydrogen-bond acceptors (Lipinski definition) is 3. The Kier molecular flexibility index (Phi) is 5.16. The normalized spacial score (nSPS) is 17.8. The van der Waals surface area contributed by atoms with E-state index in [2.05, 4.69) is 5.32 Å². The van der Waals surface area contributed by atoms with Gasteiger partial charge in [-0.05, 0) is 44.0 Å². The molecule has 0 aliphatic carbocycles. The van der Waals surface area contributed by atoms with Crippen molar-refractivity contribution in [2.45, 2.75) is 44.8 Å². The summed E-state index contributed by atoms with van der Waals surface area (Å²) in [6, 6.07) is 12.0. The number of halogens is 1. The molecule has 4 nitrogen and oxygen atoms in total. The van der Waals surface area contributed by atoms with Crippen LogP contribution in [0.5, 0.6) is 11.5 Å². The van der Waals surface area contributed by atoms with Crippen LogP contribution in [0.15, 0.2) is 42.5 Å². The molecule has 138 valence electrons. The molecule has 2 aromatic rings. The third-order valence-corrected chi connectivity index (χ3v) is 4.59. The number of amides is 1. The first-order valence-corrected chi connectivity index (χ1v) is 8.78. The summed E-state index contributed by atoms with van der Waals surface area (Å²) < 4.78 is 25.0. The zero-order valence-corrected chi connectivity index (χ0v) is 15.3. The van der Waals surface area contributed by atoms with Crippen molar-refractivity contribution in [3.8, 4) is 11.5 Å². The monoisotopic (exact) mass is 357 g/mol. The van der Waals surface area contributed by atoms with E-state index in [0.717, 1.165) is 11.3 Å². The lowest BCUT2D eigenvalue weighted by atomic mass is 9.89. The van der Waals surface area contributed by atoms with Crippen LogP contribution in [0.4, 0.5) is 4.39 Å². The van der Waals surface area contributed by atoms with E-state index in [4.69, 9.17) is 9.47 Å². The largest absolute Gasteiger partial charge is 0.497 e. The minimum atomic E-state index is -0.400. The van der Waals surface area contributed by atoms with Gasteiger partial charge >= 0.3 is 0 Å². The molecule has 0 saturated heterocycles. The standard InChI is InChI=1S/C21H24FNO3/c1-21(2)13-18(16-10-9-15(25-3)12-19(16)26-21)23-20(24)11-8-14-6-4-5-7-17(14)22/h4-7,9-10,12,18H,8,11,13H2,1-3H3,(H,23,24)/t18-/m1/s1. The number of nitrogens with one attached hydrogen (secondary N) is 1. The third-order valence-electron chi connectivity index (χ3n) is 4.59. The van der Waals surface area contributed by atoms with Gasteiger partial charge in [-0.15, -0.1) is 0 Å². The first-order chi connectivity index (χ1) is 12.4. The number of fused-ring (bicyclic) bond motifs is 1. The molecular weight excluding hydrogens is 333 g/mol. The molecule has 0 radical (unpaired) electrons. The van der Waals surface area contributed by atoms with Gasteiger partial charge in [0.2, 0.25) is 5.91 Å². The van der Waals surface area contributed by atoms with Gasteiger partial charge in [0.1, 0.15) is 22.9 Å². The summed E-state index contributed by atoms with van der Waals surface area (Å²) in [4.78, 5) is 12.4. The van der Waals surface area contributed by atoms with Crippen LogP contribution in [-0.2, 0) is 11.2 Å². The molecule has 2 aromatic carbocycles. The molecule has 0 unspecified atom stereocenters. The first kappa shape index (κ1) is 18.2. The summed E-state index contributed by atoms with van der Waals surface area (Å²) in [6.07, 6.45) is 1.28. The van der Waals surface area contributed by atoms with Crippen molar-refractivity contribution in [2.24, 2.45) is 0 Å². The first-order valence-electron chi connectivity index (χ1n) is 8.78. The van der Waals surface area contributed by atoms with Gasteiger partial charge in [-0.25, -0.2) is 4.39 Å². The third kappa shape index (κ3) is 4.15. The maximum absolute atomic E-state index is 13.7. The number of ether oxygens (including phenoxy) is 2. The van der Waals surface area contributed by atoms with Crippen LogP contribution in [0.3, 0.4) is 0 Å². The summed E-state index contributed by atoms with van der Waals surface area (Å²) in [6.45, 7) is 3.99. The van der Waals surface area contributed by atoms with Crippen LogP contribution in [0.25, 0.3) is 0 Å². The van der Waals surface area contributed by atoms with Gasteiger partial charge in [-0.1, -0.05) is 18.2 Å². The average Bonchev–Trinajstić information content (AvgIpc) is 2.59. The summed E-state index contributed by atoms with van der Waals surface area (Å²) in [5.74, 6) is 1.06. The number of rotatable bonds is 5. The fraction of sp³-hybridized carbons (Fsp3) is 0.381. The molecule has 0 fully saturated rings. The van der Waals surface area contributed by atoms with Gasteiger partial charge in [0.15, 0.2) is 0 Å². The van der Waals surface area contributed by atoms with Gasteiger partial charge in [0.05, 0.1) is 13.2 Å². The zero-order valence-electron chi connectivity index (χ0n) is 15.3. The SMILES string of the molecule is COc1ccc2c(c1)OC(C)(C)C[C@H]2NC(=O)CCc1ccccc1F. The maximum Gasteiger partial charge on any atom is 0.220 e. The Morgan fingerprint density at radius 3 is 2.81 bits per heavy atom. The van der Waals surface area contributed by atoms with Gasteiger partial charge < -0.3 is 14.8 Å². The highest BCUT2D eigenvalue weighted by Crippen LogP contribution is 2.41. The van der Waals surface area contributed by atoms with Crippen LogP contribution in [0, 0.1) is 5.82 Å². The van der Waals surface area contributed by atoms with Crippen LogP contribution in [-0.4, -0.2) is 18.6 Å². The molecule has 1 heterocycles. The van der Waals surface area contributed by atoms with Crippen molar-refractivity contribution in [2.75, 3.05) is 7.11 Å². The van der Waals surface area contributed by atoms with E-state index >= 15 is 0 Å². The molecule has 1 aliphatic heterocycles. The van der Waals surface area contributed by atoms with Crippen LogP contribution in [0.2, 0.25) is 0 Å². The summed E-state index contributed by atoms with van der Waals surface area (Å²) in [7, 11) is 1.61. The maximum atomic E-state index is 13.7. The second-order valence-electron chi connectivity index (χ2n) is 7.18. The van der Waals surface area contributed by atoms with Gasteiger partial charge in [0.25, 0.3) is 0 Å². The predicted molar refractivity (Wildman–Crippen MR) is 97.9 cm³/mol. The smallest absolute Gasteiger partial charge is 0.220 e. The Balaban J connectivity index is 1.71. The van der Waals surface area contributed by atoms with Crippen molar-refractivity contribution < 1.29 is 18.7 Å². The number of carbonyl (C=O) groups is 1. The molecule has 3 rings (SSSR count). The predicted octanol–water partition coefficient (Wildman–Crippen LogP) is 4.19. The van der Waals surface area contributed by atoms with E-state index in [1.165, 1.54) is 6.07 Å². The highest BCUT2D eigenvalue weighted by Gasteiger charge is 2.34. The lowest BCUT2D eigenvalue weighted by Crippen LogP contribution is -2.41. The zero-order chi connectivity index (χ0) is 18.7. The average molecular weight is 357 g/mol. The van der Waals surface area contributed by atoms with Crippen molar-refractivity contribution in [3.63, 3.8) is 0 Å². The second-order valence-corrected chi connectivity index (χ2v) is 7.18. The molecule has 1 atom stereocenters. The molecule has 1 N–H and O–H groups in total. The Hall–Kier alpha value is -2.56. The minimum absolute atomic E-state index is 0.0993. The second kappa shape index (κ2) is 7.36. The molecule has 1 amide bonds. The fourth-order valence-electron chi connectivity index (χ4n) is 3.30. The van der Waals surface area contributed by atoms with Crippen LogP contribution < -0.4 is 14.8 Å². The van der Waals surface area contributed by atoms with Crippen LogP contribution >= 0.6 is 0 Å².